The first kappa shape index (κ1) is 21.3. The number of nitrogens with one attached hydrogen (secondary N) is 1. The maximum Gasteiger partial charge on any atom is 0.313 e. The summed E-state index contributed by atoms with van der Waals surface area (Å²) in [5.41, 5.74) is 7.30. The molecule has 0 unspecified atom stereocenters. The summed E-state index contributed by atoms with van der Waals surface area (Å²) < 4.78 is 0. The molecule has 0 radical (unpaired) electrons. The molecule has 30 heavy (non-hydrogen) atoms. The second-order valence-electron chi connectivity index (χ2n) is 7.68. The lowest BCUT2D eigenvalue weighted by atomic mass is 9.89. The molecule has 1 aromatic heterocycles. The molecule has 1 aromatic carbocycles. The minimum absolute atomic E-state index is 0.140. The van der Waals surface area contributed by atoms with Gasteiger partial charge >= 0.3 is 11.8 Å². The first-order chi connectivity index (χ1) is 14.3. The number of pyridine rings is 1. The molecule has 0 bridgehead atoms. The summed E-state index contributed by atoms with van der Waals surface area (Å²) in [6, 6.07) is 6.46. The molecular weight excluding hydrogens is 384 g/mol. The smallest absolute Gasteiger partial charge is 0.313 e. The van der Waals surface area contributed by atoms with Gasteiger partial charge in [-0.1, -0.05) is 26.0 Å². The van der Waals surface area contributed by atoms with E-state index in [1.807, 2.05) is 19.9 Å². The number of carbonyl (C=O) groups excluding carboxylic acids is 3. The number of rotatable bonds is 4. The van der Waals surface area contributed by atoms with Crippen LogP contribution in [0.1, 0.15) is 54.2 Å². The van der Waals surface area contributed by atoms with E-state index in [1.165, 1.54) is 18.5 Å². The van der Waals surface area contributed by atoms with Crippen molar-refractivity contribution in [1.82, 2.24) is 9.88 Å². The fraction of sp³-hybridized carbons (Fsp3) is 0.364. The van der Waals surface area contributed by atoms with Crippen LogP contribution in [0, 0.1) is 5.92 Å². The van der Waals surface area contributed by atoms with Crippen molar-refractivity contribution >= 4 is 23.4 Å². The molecule has 2 aromatic rings. The number of piperidine rings is 1. The summed E-state index contributed by atoms with van der Waals surface area (Å²) in [6.45, 7) is 4.45. The second-order valence-corrected chi connectivity index (χ2v) is 7.68. The zero-order valence-electron chi connectivity index (χ0n) is 17.1. The van der Waals surface area contributed by atoms with Crippen molar-refractivity contribution in [3.8, 4) is 5.75 Å². The van der Waals surface area contributed by atoms with Gasteiger partial charge in [0.1, 0.15) is 5.75 Å². The van der Waals surface area contributed by atoms with E-state index in [-0.39, 0.29) is 29.0 Å². The van der Waals surface area contributed by atoms with Crippen LogP contribution in [0.2, 0.25) is 0 Å². The van der Waals surface area contributed by atoms with Gasteiger partial charge in [0, 0.05) is 12.7 Å². The maximum absolute atomic E-state index is 13.0. The van der Waals surface area contributed by atoms with Gasteiger partial charge in [0.15, 0.2) is 0 Å². The summed E-state index contributed by atoms with van der Waals surface area (Å²) in [7, 11) is 0. The minimum Gasteiger partial charge on any atom is -0.508 e. The van der Waals surface area contributed by atoms with Crippen molar-refractivity contribution in [3.63, 3.8) is 0 Å². The van der Waals surface area contributed by atoms with Gasteiger partial charge in [-0.05, 0) is 48.4 Å². The van der Waals surface area contributed by atoms with Crippen molar-refractivity contribution in [1.29, 1.82) is 0 Å². The van der Waals surface area contributed by atoms with Crippen molar-refractivity contribution in [2.75, 3.05) is 11.9 Å². The summed E-state index contributed by atoms with van der Waals surface area (Å²) in [5.74, 6) is -1.63. The van der Waals surface area contributed by atoms with E-state index in [9.17, 15) is 19.5 Å². The number of hydrogen-bond donors (Lipinski definition) is 3. The predicted molar refractivity (Wildman–Crippen MR) is 112 cm³/mol. The van der Waals surface area contributed by atoms with E-state index < -0.39 is 17.7 Å². The van der Waals surface area contributed by atoms with Crippen LogP contribution in [-0.4, -0.2) is 39.3 Å². The van der Waals surface area contributed by atoms with Crippen molar-refractivity contribution in [2.24, 2.45) is 11.7 Å². The molecule has 8 nitrogen and oxygen atoms in total. The third-order valence-electron chi connectivity index (χ3n) is 5.42. The molecule has 4 N–H and O–H groups in total. The number of aromatic nitrogens is 1. The maximum atomic E-state index is 13.0. The zero-order chi connectivity index (χ0) is 21.8. The number of amides is 3. The number of likely N-dealkylation sites (tertiary alicyclic amines) is 1. The number of nitrogens with two attached hydrogens (primary N) is 1. The van der Waals surface area contributed by atoms with Gasteiger partial charge in [0.25, 0.3) is 0 Å². The Bertz CT molecular complexity index is 975. The molecule has 1 aliphatic rings. The lowest BCUT2D eigenvalue weighted by Gasteiger charge is -2.38. The number of benzene rings is 1. The lowest BCUT2D eigenvalue weighted by Crippen LogP contribution is -2.46. The minimum atomic E-state index is -0.799. The molecule has 158 valence electrons. The number of primary amides is 1. The molecular formula is C22H26N4O4. The molecule has 2 heterocycles. The third-order valence-corrected chi connectivity index (χ3v) is 5.42. The average molecular weight is 410 g/mol. The molecule has 1 aliphatic heterocycles. The zero-order valence-corrected chi connectivity index (χ0v) is 17.1. The first-order valence-electron chi connectivity index (χ1n) is 9.98. The first-order valence-corrected chi connectivity index (χ1v) is 9.98. The van der Waals surface area contributed by atoms with Crippen LogP contribution in [0.5, 0.6) is 5.75 Å². The van der Waals surface area contributed by atoms with E-state index in [4.69, 9.17) is 5.73 Å². The molecule has 3 rings (SSSR count). The molecule has 0 spiro atoms. The Hall–Kier alpha value is -3.42. The highest BCUT2D eigenvalue weighted by Gasteiger charge is 2.34. The highest BCUT2D eigenvalue weighted by atomic mass is 16.3. The van der Waals surface area contributed by atoms with Crippen LogP contribution in [0.3, 0.4) is 0 Å². The Balaban J connectivity index is 1.83. The molecule has 3 amide bonds. The summed E-state index contributed by atoms with van der Waals surface area (Å²) in [4.78, 5) is 42.5. The number of phenolic OH excluding ortho intramolecular Hbond substituents is 1. The Labute approximate surface area is 175 Å². The monoisotopic (exact) mass is 410 g/mol. The number of carbonyl (C=O) groups is 3. The van der Waals surface area contributed by atoms with Gasteiger partial charge in [-0.15, -0.1) is 0 Å². The quantitative estimate of drug-likeness (QED) is 0.667. The average Bonchev–Trinajstić information content (AvgIpc) is 2.73. The third kappa shape index (κ3) is 4.59. The molecule has 0 aliphatic carbocycles. The summed E-state index contributed by atoms with van der Waals surface area (Å²) >= 11 is 0. The standard InChI is InChI=1S/C22H26N4O4/c1-3-14-8-15(5-7-19(14)27)18-6-4-13(2)12-26(18)22(30)21(29)25-17-9-16(20(23)28)10-24-11-17/h5,7-11,13,18,27H,3-4,6,12H2,1-2H3,(H2,23,28)(H,25,29)/t13-,18+/m1/s1. The van der Waals surface area contributed by atoms with Crippen LogP contribution in [0.4, 0.5) is 5.69 Å². The largest absolute Gasteiger partial charge is 0.508 e. The van der Waals surface area contributed by atoms with E-state index in [0.29, 0.717) is 13.0 Å². The Morgan fingerprint density at radius 3 is 2.70 bits per heavy atom. The fourth-order valence-electron chi connectivity index (χ4n) is 3.78. The van der Waals surface area contributed by atoms with Crippen LogP contribution < -0.4 is 11.1 Å². The van der Waals surface area contributed by atoms with E-state index in [0.717, 1.165) is 24.0 Å². The number of hydrogen-bond acceptors (Lipinski definition) is 5. The van der Waals surface area contributed by atoms with Gasteiger partial charge in [-0.3, -0.25) is 19.4 Å². The molecule has 8 heteroatoms. The Kier molecular flexibility index (Phi) is 6.34. The summed E-state index contributed by atoms with van der Waals surface area (Å²) in [5, 5.41) is 12.5. The van der Waals surface area contributed by atoms with E-state index >= 15 is 0 Å². The van der Waals surface area contributed by atoms with Gasteiger partial charge in [0.05, 0.1) is 23.5 Å². The van der Waals surface area contributed by atoms with Crippen LogP contribution >= 0.6 is 0 Å². The molecule has 2 atom stereocenters. The summed E-state index contributed by atoms with van der Waals surface area (Å²) in [6.07, 6.45) is 4.97. The Morgan fingerprint density at radius 2 is 2.00 bits per heavy atom. The lowest BCUT2D eigenvalue weighted by molar-refractivity contribution is -0.146. The van der Waals surface area contributed by atoms with E-state index in [2.05, 4.69) is 10.3 Å². The predicted octanol–water partition coefficient (Wildman–Crippen LogP) is 2.39. The Morgan fingerprint density at radius 1 is 1.23 bits per heavy atom. The number of aryl methyl sites for hydroxylation is 1. The van der Waals surface area contributed by atoms with Gasteiger partial charge in [0.2, 0.25) is 5.91 Å². The van der Waals surface area contributed by atoms with Crippen LogP contribution in [0.15, 0.2) is 36.7 Å². The SMILES string of the molecule is CCc1cc([C@@H]2CC[C@@H](C)CN2C(=O)C(=O)Nc2cncc(C(N)=O)c2)ccc1O. The van der Waals surface area contributed by atoms with Crippen LogP contribution in [0.25, 0.3) is 0 Å². The van der Waals surface area contributed by atoms with Crippen molar-refractivity contribution in [3.05, 3.63) is 53.3 Å². The van der Waals surface area contributed by atoms with Gasteiger partial charge in [-0.2, -0.15) is 0 Å². The molecule has 1 saturated heterocycles. The van der Waals surface area contributed by atoms with Gasteiger partial charge < -0.3 is 21.1 Å². The van der Waals surface area contributed by atoms with E-state index in [1.54, 1.807) is 17.0 Å². The highest BCUT2D eigenvalue weighted by molar-refractivity contribution is 6.39. The number of anilines is 1. The van der Waals surface area contributed by atoms with Crippen molar-refractivity contribution < 1.29 is 19.5 Å². The van der Waals surface area contributed by atoms with Crippen molar-refractivity contribution in [2.45, 2.75) is 39.2 Å². The number of phenols is 1. The van der Waals surface area contributed by atoms with Crippen LogP contribution in [-0.2, 0) is 16.0 Å². The van der Waals surface area contributed by atoms with Gasteiger partial charge in [-0.25, -0.2) is 0 Å². The molecule has 1 fully saturated rings. The normalized spacial score (nSPS) is 18.7. The second kappa shape index (κ2) is 8.94. The number of nitrogens with zero attached hydrogens (tertiary/aromatic N) is 2. The number of aromatic hydroxyl groups is 1. The molecule has 0 saturated carbocycles. The topological polar surface area (TPSA) is 126 Å². The highest BCUT2D eigenvalue weighted by Crippen LogP contribution is 2.35. The fourth-order valence-corrected chi connectivity index (χ4v) is 3.78.